The second kappa shape index (κ2) is 13.6. The van der Waals surface area contributed by atoms with E-state index in [9.17, 15) is 9.59 Å². The van der Waals surface area contributed by atoms with Crippen molar-refractivity contribution in [2.24, 2.45) is 16.8 Å². The number of carbonyl (C=O) groups excluding carboxylic acids is 2. The molecule has 5 heterocycles. The third-order valence-electron chi connectivity index (χ3n) is 9.40. The van der Waals surface area contributed by atoms with Gasteiger partial charge in [-0.05, 0) is 92.8 Å². The van der Waals surface area contributed by atoms with Crippen molar-refractivity contribution in [2.45, 2.75) is 32.1 Å². The van der Waals surface area contributed by atoms with Gasteiger partial charge in [0.05, 0.1) is 23.7 Å². The van der Waals surface area contributed by atoms with E-state index in [-0.39, 0.29) is 17.7 Å². The number of Topliss-reactive ketones (excluding diaryl/α,β-unsaturated/α-hetero) is 1. The van der Waals surface area contributed by atoms with E-state index in [1.54, 1.807) is 12.4 Å². The number of hydrogen-bond donors (Lipinski definition) is 2. The normalized spacial score (nSPS) is 20.3. The van der Waals surface area contributed by atoms with Crippen LogP contribution in [0.2, 0.25) is 0 Å². The molecule has 2 aromatic heterocycles. The minimum atomic E-state index is -0.143. The summed E-state index contributed by atoms with van der Waals surface area (Å²) < 4.78 is 0. The molecule has 2 aromatic carbocycles. The SMILES string of the molecule is O=C(CN1CC[C@@H](C(=O)Nc2ccc3[nH]nc(-c4ccncc4)c3c2)C1)C1CCCN(c2ccc(C3=CCC=CC=N3)cc2)CC1. The summed E-state index contributed by atoms with van der Waals surface area (Å²) >= 11 is 0. The van der Waals surface area contributed by atoms with Crippen LogP contribution in [-0.2, 0) is 9.59 Å². The fraction of sp³-hybridized carbons (Fsp3) is 0.324. The maximum Gasteiger partial charge on any atom is 0.228 e. The van der Waals surface area contributed by atoms with Crippen molar-refractivity contribution in [3.8, 4) is 11.3 Å². The number of pyridine rings is 1. The van der Waals surface area contributed by atoms with Gasteiger partial charge in [-0.15, -0.1) is 0 Å². The zero-order valence-corrected chi connectivity index (χ0v) is 25.9. The van der Waals surface area contributed by atoms with Crippen molar-refractivity contribution in [2.75, 3.05) is 42.9 Å². The van der Waals surface area contributed by atoms with Crippen molar-refractivity contribution >= 4 is 45.9 Å². The van der Waals surface area contributed by atoms with Gasteiger partial charge in [0, 0.05) is 66.5 Å². The highest BCUT2D eigenvalue weighted by molar-refractivity contribution is 5.99. The van der Waals surface area contributed by atoms with Crippen LogP contribution in [0.4, 0.5) is 11.4 Å². The topological polar surface area (TPSA) is 107 Å². The summed E-state index contributed by atoms with van der Waals surface area (Å²) in [4.78, 5) is 39.9. The highest BCUT2D eigenvalue weighted by atomic mass is 16.2. The van der Waals surface area contributed by atoms with Gasteiger partial charge in [0.15, 0.2) is 0 Å². The summed E-state index contributed by atoms with van der Waals surface area (Å²) in [5.41, 5.74) is 6.77. The number of carbonyl (C=O) groups is 2. The Balaban J connectivity index is 0.906. The molecule has 9 heteroatoms. The first-order chi connectivity index (χ1) is 22.6. The first-order valence-corrected chi connectivity index (χ1v) is 16.3. The molecule has 234 valence electrons. The summed E-state index contributed by atoms with van der Waals surface area (Å²) in [5, 5.41) is 11.6. The van der Waals surface area contributed by atoms with Crippen LogP contribution in [0, 0.1) is 11.8 Å². The van der Waals surface area contributed by atoms with E-state index in [0.717, 1.165) is 90.8 Å². The first kappa shape index (κ1) is 29.8. The molecule has 3 aliphatic heterocycles. The van der Waals surface area contributed by atoms with Crippen molar-refractivity contribution in [3.05, 3.63) is 90.8 Å². The average molecular weight is 614 g/mol. The lowest BCUT2D eigenvalue weighted by atomic mass is 9.95. The van der Waals surface area contributed by atoms with Crippen molar-refractivity contribution < 1.29 is 9.59 Å². The fourth-order valence-corrected chi connectivity index (χ4v) is 6.81. The molecule has 0 spiro atoms. The van der Waals surface area contributed by atoms with E-state index >= 15 is 0 Å². The van der Waals surface area contributed by atoms with E-state index in [1.165, 1.54) is 5.69 Å². The number of H-pyrrole nitrogens is 1. The van der Waals surface area contributed by atoms with Gasteiger partial charge in [0.1, 0.15) is 11.5 Å². The molecule has 0 bridgehead atoms. The Kier molecular flexibility index (Phi) is 8.83. The molecule has 0 aliphatic carbocycles. The molecule has 2 saturated heterocycles. The Morgan fingerprint density at radius 2 is 1.76 bits per heavy atom. The molecule has 9 nitrogen and oxygen atoms in total. The number of fused-ring (bicyclic) bond motifs is 1. The Morgan fingerprint density at radius 1 is 0.913 bits per heavy atom. The maximum absolute atomic E-state index is 13.4. The third kappa shape index (κ3) is 6.70. The monoisotopic (exact) mass is 613 g/mol. The summed E-state index contributed by atoms with van der Waals surface area (Å²) in [6.45, 7) is 3.61. The van der Waals surface area contributed by atoms with Crippen molar-refractivity contribution in [1.29, 1.82) is 0 Å². The van der Waals surface area contributed by atoms with Crippen molar-refractivity contribution in [3.63, 3.8) is 0 Å². The highest BCUT2D eigenvalue weighted by Gasteiger charge is 2.31. The number of ketones is 1. The number of nitrogens with zero attached hydrogens (tertiary/aromatic N) is 5. The van der Waals surface area contributed by atoms with Gasteiger partial charge in [0.2, 0.25) is 5.91 Å². The number of allylic oxidation sites excluding steroid dienone is 3. The lowest BCUT2D eigenvalue weighted by Crippen LogP contribution is -2.34. The highest BCUT2D eigenvalue weighted by Crippen LogP contribution is 2.30. The van der Waals surface area contributed by atoms with Crippen LogP contribution in [0.25, 0.3) is 27.9 Å². The molecule has 1 amide bonds. The van der Waals surface area contributed by atoms with Crippen LogP contribution >= 0.6 is 0 Å². The molecule has 0 saturated carbocycles. The summed E-state index contributed by atoms with van der Waals surface area (Å²) in [7, 11) is 0. The molecule has 0 radical (unpaired) electrons. The Labute approximate surface area is 269 Å². The van der Waals surface area contributed by atoms with Gasteiger partial charge < -0.3 is 10.2 Å². The molecule has 3 aliphatic rings. The second-order valence-corrected chi connectivity index (χ2v) is 12.4. The zero-order chi connectivity index (χ0) is 31.3. The van der Waals surface area contributed by atoms with Gasteiger partial charge in [-0.2, -0.15) is 5.10 Å². The zero-order valence-electron chi connectivity index (χ0n) is 25.9. The largest absolute Gasteiger partial charge is 0.372 e. The lowest BCUT2D eigenvalue weighted by Gasteiger charge is -2.23. The number of nitrogens with one attached hydrogen (secondary N) is 2. The standard InChI is InChI=1S/C37H39N7O2/c45-35(27-5-4-20-44(22-16-27)31-10-7-26(8-11-31)33-6-2-1-3-17-39-33)25-43-21-15-29(24-43)37(46)40-30-9-12-34-32(23-30)36(42-41-34)28-13-18-38-19-14-28/h1,3,6-14,17-19,23,27,29H,2,4-5,15-16,20-22,24-25H2,(H,40,46)(H,41,42)/t27?,29-/m1/s1. The minimum Gasteiger partial charge on any atom is -0.372 e. The number of amides is 1. The number of likely N-dealkylation sites (tertiary alicyclic amines) is 1. The Bertz CT molecular complexity index is 1790. The Hall–Kier alpha value is -4.89. The predicted octanol–water partition coefficient (Wildman–Crippen LogP) is 6.13. The number of hydrogen-bond acceptors (Lipinski definition) is 7. The molecule has 2 fully saturated rings. The number of benzene rings is 2. The van der Waals surface area contributed by atoms with Crippen LogP contribution in [0.3, 0.4) is 0 Å². The molecule has 7 rings (SSSR count). The van der Waals surface area contributed by atoms with Crippen LogP contribution in [-0.4, -0.2) is 70.7 Å². The molecule has 46 heavy (non-hydrogen) atoms. The molecule has 4 aromatic rings. The van der Waals surface area contributed by atoms with E-state index in [0.29, 0.717) is 18.9 Å². The van der Waals surface area contributed by atoms with E-state index < -0.39 is 0 Å². The number of aliphatic imine (C=N–C) groups is 1. The van der Waals surface area contributed by atoms with Crippen LogP contribution in [0.1, 0.15) is 37.7 Å². The maximum atomic E-state index is 13.4. The Morgan fingerprint density at radius 3 is 2.63 bits per heavy atom. The second-order valence-electron chi connectivity index (χ2n) is 12.4. The average Bonchev–Trinajstić information content (AvgIpc) is 3.52. The quantitative estimate of drug-likeness (QED) is 0.248. The molecule has 2 N–H and O–H groups in total. The van der Waals surface area contributed by atoms with E-state index in [1.807, 2.05) is 42.6 Å². The predicted molar refractivity (Wildman–Crippen MR) is 184 cm³/mol. The number of aromatic nitrogens is 3. The third-order valence-corrected chi connectivity index (χ3v) is 9.40. The number of rotatable bonds is 8. The molecular weight excluding hydrogens is 574 g/mol. The van der Waals surface area contributed by atoms with E-state index in [4.69, 9.17) is 0 Å². The van der Waals surface area contributed by atoms with Crippen molar-refractivity contribution in [1.82, 2.24) is 20.1 Å². The summed E-state index contributed by atoms with van der Waals surface area (Å²) in [6, 6.07) is 18.3. The lowest BCUT2D eigenvalue weighted by molar-refractivity contribution is -0.124. The first-order valence-electron chi connectivity index (χ1n) is 16.3. The number of aromatic amines is 1. The van der Waals surface area contributed by atoms with Gasteiger partial charge in [0.25, 0.3) is 0 Å². The van der Waals surface area contributed by atoms with E-state index in [2.05, 4.69) is 71.7 Å². The molecule has 2 atom stereocenters. The van der Waals surface area contributed by atoms with Gasteiger partial charge in [-0.25, -0.2) is 0 Å². The van der Waals surface area contributed by atoms with Crippen LogP contribution < -0.4 is 10.2 Å². The van der Waals surface area contributed by atoms with Crippen LogP contribution in [0.15, 0.2) is 90.2 Å². The molecular formula is C37H39N7O2. The summed E-state index contributed by atoms with van der Waals surface area (Å²) in [5.74, 6) is 0.222. The minimum absolute atomic E-state index is 0.00168. The smallest absolute Gasteiger partial charge is 0.228 e. The molecule has 1 unspecified atom stereocenters. The van der Waals surface area contributed by atoms with Crippen LogP contribution in [0.5, 0.6) is 0 Å². The fourth-order valence-electron chi connectivity index (χ4n) is 6.81. The van der Waals surface area contributed by atoms with Gasteiger partial charge in [-0.1, -0.05) is 24.3 Å². The van der Waals surface area contributed by atoms with Gasteiger partial charge >= 0.3 is 0 Å². The van der Waals surface area contributed by atoms with Gasteiger partial charge in [-0.3, -0.25) is 29.6 Å². The summed E-state index contributed by atoms with van der Waals surface area (Å²) in [6.07, 6.45) is 16.0. The number of anilines is 2.